The van der Waals surface area contributed by atoms with Crippen molar-refractivity contribution in [3.8, 4) is 0 Å². The van der Waals surface area contributed by atoms with E-state index in [0.29, 0.717) is 24.2 Å². The number of alkyl halides is 3. The minimum atomic E-state index is -4.21. The first-order valence-corrected chi connectivity index (χ1v) is 7.07. The summed E-state index contributed by atoms with van der Waals surface area (Å²) in [5, 5.41) is 3.41. The lowest BCUT2D eigenvalue weighted by atomic mass is 9.91. The molecule has 0 heterocycles. The van der Waals surface area contributed by atoms with Crippen molar-refractivity contribution in [1.82, 2.24) is 5.32 Å². The van der Waals surface area contributed by atoms with Gasteiger partial charge in [-0.2, -0.15) is 13.2 Å². The van der Waals surface area contributed by atoms with Crippen LogP contribution in [0.2, 0.25) is 0 Å². The SMILES string of the molecule is CC(C)CNCC(CCCOCC(F)(F)F)C(C)C. The molecule has 1 N–H and O–H groups in total. The number of hydrogen-bond acceptors (Lipinski definition) is 2. The average molecular weight is 283 g/mol. The molecule has 5 heteroatoms. The molecule has 0 aromatic heterocycles. The number of halogens is 3. The second kappa shape index (κ2) is 9.59. The van der Waals surface area contributed by atoms with Crippen LogP contribution in [0.5, 0.6) is 0 Å². The summed E-state index contributed by atoms with van der Waals surface area (Å²) in [4.78, 5) is 0. The molecule has 0 aliphatic carbocycles. The fraction of sp³-hybridized carbons (Fsp3) is 1.00. The third-order valence-electron chi connectivity index (χ3n) is 3.03. The standard InChI is InChI=1S/C14H28F3NO/c1-11(2)8-18-9-13(12(3)4)6-5-7-19-10-14(15,16)17/h11-13,18H,5-10H2,1-4H3. The lowest BCUT2D eigenvalue weighted by Gasteiger charge is -2.22. The first kappa shape index (κ1) is 18.7. The van der Waals surface area contributed by atoms with Gasteiger partial charge in [-0.3, -0.25) is 0 Å². The maximum atomic E-state index is 11.9. The zero-order valence-electron chi connectivity index (χ0n) is 12.5. The molecule has 0 bridgehead atoms. The summed E-state index contributed by atoms with van der Waals surface area (Å²) >= 11 is 0. The van der Waals surface area contributed by atoms with Gasteiger partial charge in [0, 0.05) is 6.61 Å². The minimum Gasteiger partial charge on any atom is -0.372 e. The molecular formula is C14H28F3NO. The van der Waals surface area contributed by atoms with Crippen LogP contribution in [0.4, 0.5) is 13.2 Å². The third kappa shape index (κ3) is 12.5. The van der Waals surface area contributed by atoms with Crippen molar-refractivity contribution < 1.29 is 17.9 Å². The van der Waals surface area contributed by atoms with Gasteiger partial charge < -0.3 is 10.1 Å². The van der Waals surface area contributed by atoms with E-state index in [9.17, 15) is 13.2 Å². The summed E-state index contributed by atoms with van der Waals surface area (Å²) < 4.78 is 40.3. The molecule has 0 saturated heterocycles. The molecule has 2 nitrogen and oxygen atoms in total. The van der Waals surface area contributed by atoms with Gasteiger partial charge in [-0.05, 0) is 43.7 Å². The van der Waals surface area contributed by atoms with Crippen LogP contribution in [0.1, 0.15) is 40.5 Å². The summed E-state index contributed by atoms with van der Waals surface area (Å²) in [5.74, 6) is 1.64. The summed E-state index contributed by atoms with van der Waals surface area (Å²) in [7, 11) is 0. The van der Waals surface area contributed by atoms with E-state index in [0.717, 1.165) is 19.5 Å². The van der Waals surface area contributed by atoms with E-state index in [-0.39, 0.29) is 6.61 Å². The number of nitrogens with one attached hydrogen (secondary N) is 1. The second-order valence-electron chi connectivity index (χ2n) is 5.87. The van der Waals surface area contributed by atoms with Gasteiger partial charge in [0.1, 0.15) is 6.61 Å². The molecule has 0 amide bonds. The average Bonchev–Trinajstić information content (AvgIpc) is 2.23. The fourth-order valence-corrected chi connectivity index (χ4v) is 1.86. The highest BCUT2D eigenvalue weighted by Crippen LogP contribution is 2.18. The number of hydrogen-bond donors (Lipinski definition) is 1. The van der Waals surface area contributed by atoms with Crippen molar-refractivity contribution in [2.75, 3.05) is 26.3 Å². The van der Waals surface area contributed by atoms with E-state index in [4.69, 9.17) is 0 Å². The Morgan fingerprint density at radius 1 is 1.05 bits per heavy atom. The van der Waals surface area contributed by atoms with Gasteiger partial charge in [0.25, 0.3) is 0 Å². The Labute approximate surface area is 115 Å². The van der Waals surface area contributed by atoms with E-state index in [2.05, 4.69) is 37.7 Å². The van der Waals surface area contributed by atoms with Crippen LogP contribution in [0, 0.1) is 17.8 Å². The zero-order chi connectivity index (χ0) is 14.9. The smallest absolute Gasteiger partial charge is 0.372 e. The van der Waals surface area contributed by atoms with Crippen LogP contribution < -0.4 is 5.32 Å². The van der Waals surface area contributed by atoms with Crippen molar-refractivity contribution in [1.29, 1.82) is 0 Å². The Morgan fingerprint density at radius 2 is 1.68 bits per heavy atom. The molecule has 19 heavy (non-hydrogen) atoms. The molecule has 1 atom stereocenters. The predicted molar refractivity (Wildman–Crippen MR) is 72.1 cm³/mol. The van der Waals surface area contributed by atoms with Gasteiger partial charge in [0.15, 0.2) is 0 Å². The molecule has 0 aromatic rings. The van der Waals surface area contributed by atoms with Gasteiger partial charge in [-0.15, -0.1) is 0 Å². The molecule has 0 fully saturated rings. The zero-order valence-corrected chi connectivity index (χ0v) is 12.5. The first-order valence-electron chi connectivity index (χ1n) is 7.07. The lowest BCUT2D eigenvalue weighted by molar-refractivity contribution is -0.174. The Morgan fingerprint density at radius 3 is 2.16 bits per heavy atom. The first-order chi connectivity index (χ1) is 8.72. The van der Waals surface area contributed by atoms with Gasteiger partial charge in [-0.25, -0.2) is 0 Å². The molecule has 0 saturated carbocycles. The molecule has 0 aromatic carbocycles. The molecule has 0 radical (unpaired) electrons. The van der Waals surface area contributed by atoms with Crippen LogP contribution in [0.25, 0.3) is 0 Å². The van der Waals surface area contributed by atoms with E-state index < -0.39 is 12.8 Å². The van der Waals surface area contributed by atoms with Gasteiger partial charge in [-0.1, -0.05) is 27.7 Å². The largest absolute Gasteiger partial charge is 0.411 e. The van der Waals surface area contributed by atoms with Crippen LogP contribution in [0.3, 0.4) is 0 Å². The Kier molecular flexibility index (Phi) is 9.44. The summed E-state index contributed by atoms with van der Waals surface area (Å²) in [6, 6.07) is 0. The van der Waals surface area contributed by atoms with Crippen LogP contribution in [-0.4, -0.2) is 32.5 Å². The highest BCUT2D eigenvalue weighted by atomic mass is 19.4. The summed E-state index contributed by atoms with van der Waals surface area (Å²) in [6.45, 7) is 9.57. The van der Waals surface area contributed by atoms with Crippen molar-refractivity contribution in [3.05, 3.63) is 0 Å². The van der Waals surface area contributed by atoms with E-state index >= 15 is 0 Å². The minimum absolute atomic E-state index is 0.187. The third-order valence-corrected chi connectivity index (χ3v) is 3.03. The normalized spacial score (nSPS) is 14.4. The maximum absolute atomic E-state index is 11.9. The Balaban J connectivity index is 3.71. The van der Waals surface area contributed by atoms with Crippen molar-refractivity contribution in [3.63, 3.8) is 0 Å². The van der Waals surface area contributed by atoms with Gasteiger partial charge >= 0.3 is 6.18 Å². The molecule has 1 unspecified atom stereocenters. The van der Waals surface area contributed by atoms with E-state index in [1.165, 1.54) is 0 Å². The van der Waals surface area contributed by atoms with Crippen molar-refractivity contribution in [2.45, 2.75) is 46.7 Å². The van der Waals surface area contributed by atoms with Crippen LogP contribution in [-0.2, 0) is 4.74 Å². The Bertz CT molecular complexity index is 217. The quantitative estimate of drug-likeness (QED) is 0.615. The predicted octanol–water partition coefficient (Wildman–Crippen LogP) is 3.86. The number of ether oxygens (including phenoxy) is 1. The maximum Gasteiger partial charge on any atom is 0.411 e. The summed E-state index contributed by atoms with van der Waals surface area (Å²) in [6.07, 6.45) is -2.63. The molecule has 116 valence electrons. The molecule has 0 spiro atoms. The van der Waals surface area contributed by atoms with Crippen LogP contribution >= 0.6 is 0 Å². The molecule has 0 aliphatic heterocycles. The Hall–Kier alpha value is -0.290. The highest BCUT2D eigenvalue weighted by molar-refractivity contribution is 4.67. The molecule has 0 aliphatic rings. The van der Waals surface area contributed by atoms with E-state index in [1.807, 2.05) is 0 Å². The van der Waals surface area contributed by atoms with Crippen LogP contribution in [0.15, 0.2) is 0 Å². The topological polar surface area (TPSA) is 21.3 Å². The molecular weight excluding hydrogens is 255 g/mol. The van der Waals surface area contributed by atoms with E-state index in [1.54, 1.807) is 0 Å². The molecule has 0 rings (SSSR count). The highest BCUT2D eigenvalue weighted by Gasteiger charge is 2.27. The van der Waals surface area contributed by atoms with Gasteiger partial charge in [0.2, 0.25) is 0 Å². The monoisotopic (exact) mass is 283 g/mol. The lowest BCUT2D eigenvalue weighted by Crippen LogP contribution is -2.29. The number of rotatable bonds is 10. The fourth-order valence-electron chi connectivity index (χ4n) is 1.86. The van der Waals surface area contributed by atoms with Crippen molar-refractivity contribution in [2.24, 2.45) is 17.8 Å². The van der Waals surface area contributed by atoms with Crippen molar-refractivity contribution >= 4 is 0 Å². The van der Waals surface area contributed by atoms with Gasteiger partial charge in [0.05, 0.1) is 0 Å². The summed E-state index contributed by atoms with van der Waals surface area (Å²) in [5.41, 5.74) is 0. The second-order valence-corrected chi connectivity index (χ2v) is 5.87.